The van der Waals surface area contributed by atoms with Crippen LogP contribution in [0, 0.1) is 13.8 Å². The molecule has 2 aromatic rings. The molecule has 1 N–H and O–H groups in total. The number of benzene rings is 2. The largest absolute Gasteiger partial charge is 0.492 e. The molecule has 25 heavy (non-hydrogen) atoms. The van der Waals surface area contributed by atoms with Crippen LogP contribution in [0.5, 0.6) is 5.75 Å². The Balaban J connectivity index is 1.62. The molecule has 0 amide bonds. The molecule has 4 heteroatoms. The van der Waals surface area contributed by atoms with Crippen LogP contribution < -0.4 is 10.1 Å². The second-order valence-electron chi connectivity index (χ2n) is 6.59. The standard InChI is InChI=1S/C21H28N2O2/c1-17-14-18(2)21(25-13-10-23-8-11-24-12-9-23)19(15-17)16-22-20-6-4-3-5-7-20/h3-7,14-15,22H,8-13,16H2,1-2H3. The first kappa shape index (κ1) is 17.8. The predicted molar refractivity (Wildman–Crippen MR) is 102 cm³/mol. The molecular weight excluding hydrogens is 312 g/mol. The Morgan fingerprint density at radius 3 is 2.60 bits per heavy atom. The highest BCUT2D eigenvalue weighted by molar-refractivity contribution is 5.48. The molecule has 0 spiro atoms. The number of hydrogen-bond acceptors (Lipinski definition) is 4. The summed E-state index contributed by atoms with van der Waals surface area (Å²) in [7, 11) is 0. The number of ether oxygens (including phenoxy) is 2. The fourth-order valence-electron chi connectivity index (χ4n) is 3.24. The summed E-state index contributed by atoms with van der Waals surface area (Å²) in [6, 6.07) is 14.7. The number of aryl methyl sites for hydroxylation is 2. The van der Waals surface area contributed by atoms with Gasteiger partial charge in [-0.2, -0.15) is 0 Å². The van der Waals surface area contributed by atoms with Gasteiger partial charge < -0.3 is 14.8 Å². The number of hydrogen-bond donors (Lipinski definition) is 1. The van der Waals surface area contributed by atoms with E-state index >= 15 is 0 Å². The fourth-order valence-corrected chi connectivity index (χ4v) is 3.24. The highest BCUT2D eigenvalue weighted by Gasteiger charge is 2.12. The minimum Gasteiger partial charge on any atom is -0.492 e. The second-order valence-corrected chi connectivity index (χ2v) is 6.59. The topological polar surface area (TPSA) is 33.7 Å². The van der Waals surface area contributed by atoms with Crippen molar-refractivity contribution in [2.24, 2.45) is 0 Å². The molecule has 0 aliphatic carbocycles. The quantitative estimate of drug-likeness (QED) is 0.834. The monoisotopic (exact) mass is 340 g/mol. The van der Waals surface area contributed by atoms with Gasteiger partial charge in [0, 0.05) is 37.4 Å². The van der Waals surface area contributed by atoms with E-state index < -0.39 is 0 Å². The molecule has 1 heterocycles. The normalized spacial score (nSPS) is 15.1. The molecule has 1 saturated heterocycles. The SMILES string of the molecule is Cc1cc(C)c(OCCN2CCOCC2)c(CNc2ccccc2)c1. The van der Waals surface area contributed by atoms with Crippen LogP contribution in [0.2, 0.25) is 0 Å². The van der Waals surface area contributed by atoms with Gasteiger partial charge in [0.1, 0.15) is 12.4 Å². The van der Waals surface area contributed by atoms with E-state index in [-0.39, 0.29) is 0 Å². The third-order valence-electron chi connectivity index (χ3n) is 4.51. The van der Waals surface area contributed by atoms with Gasteiger partial charge in [0.2, 0.25) is 0 Å². The Hall–Kier alpha value is -2.04. The fraction of sp³-hybridized carbons (Fsp3) is 0.429. The van der Waals surface area contributed by atoms with Crippen LogP contribution in [-0.4, -0.2) is 44.4 Å². The summed E-state index contributed by atoms with van der Waals surface area (Å²) in [5.41, 5.74) is 4.80. The Morgan fingerprint density at radius 2 is 1.84 bits per heavy atom. The molecule has 1 aliphatic rings. The highest BCUT2D eigenvalue weighted by Crippen LogP contribution is 2.26. The zero-order valence-corrected chi connectivity index (χ0v) is 15.3. The predicted octanol–water partition coefficient (Wildman–Crippen LogP) is 3.63. The molecule has 2 aromatic carbocycles. The van der Waals surface area contributed by atoms with Gasteiger partial charge >= 0.3 is 0 Å². The van der Waals surface area contributed by atoms with Gasteiger partial charge in [-0.15, -0.1) is 0 Å². The molecule has 0 atom stereocenters. The summed E-state index contributed by atoms with van der Waals surface area (Å²) in [5, 5.41) is 3.49. The van der Waals surface area contributed by atoms with Gasteiger partial charge in [0.25, 0.3) is 0 Å². The van der Waals surface area contributed by atoms with Gasteiger partial charge in [-0.3, -0.25) is 4.90 Å². The van der Waals surface area contributed by atoms with Crippen molar-refractivity contribution in [2.45, 2.75) is 20.4 Å². The van der Waals surface area contributed by atoms with Crippen molar-refractivity contribution in [1.29, 1.82) is 0 Å². The van der Waals surface area contributed by atoms with Crippen LogP contribution in [-0.2, 0) is 11.3 Å². The van der Waals surface area contributed by atoms with Crippen LogP contribution >= 0.6 is 0 Å². The molecule has 4 nitrogen and oxygen atoms in total. The van der Waals surface area contributed by atoms with Gasteiger partial charge in [0.05, 0.1) is 13.2 Å². The minimum absolute atomic E-state index is 0.711. The summed E-state index contributed by atoms with van der Waals surface area (Å²) < 4.78 is 11.6. The first-order chi connectivity index (χ1) is 12.2. The Morgan fingerprint density at radius 1 is 1.08 bits per heavy atom. The van der Waals surface area contributed by atoms with Crippen LogP contribution in [0.15, 0.2) is 42.5 Å². The van der Waals surface area contributed by atoms with Crippen molar-refractivity contribution in [3.05, 3.63) is 59.2 Å². The first-order valence-electron chi connectivity index (χ1n) is 9.04. The Kier molecular flexibility index (Phi) is 6.31. The summed E-state index contributed by atoms with van der Waals surface area (Å²) >= 11 is 0. The Bertz CT molecular complexity index is 667. The van der Waals surface area contributed by atoms with E-state index in [0.29, 0.717) is 6.61 Å². The summed E-state index contributed by atoms with van der Waals surface area (Å²) in [6.45, 7) is 10.3. The van der Waals surface area contributed by atoms with Crippen molar-refractivity contribution in [3.8, 4) is 5.75 Å². The lowest BCUT2D eigenvalue weighted by Crippen LogP contribution is -2.38. The van der Waals surface area contributed by atoms with Crippen molar-refractivity contribution >= 4 is 5.69 Å². The maximum atomic E-state index is 6.19. The van der Waals surface area contributed by atoms with Gasteiger partial charge in [-0.1, -0.05) is 35.9 Å². The molecular formula is C21H28N2O2. The summed E-state index contributed by atoms with van der Waals surface area (Å²) in [5.74, 6) is 1.02. The average molecular weight is 340 g/mol. The minimum atomic E-state index is 0.711. The van der Waals surface area contributed by atoms with E-state index in [1.807, 2.05) is 18.2 Å². The zero-order chi connectivity index (χ0) is 17.5. The third kappa shape index (κ3) is 5.21. The van der Waals surface area contributed by atoms with Crippen LogP contribution in [0.3, 0.4) is 0 Å². The van der Waals surface area contributed by atoms with Gasteiger partial charge in [-0.25, -0.2) is 0 Å². The molecule has 0 saturated carbocycles. The maximum Gasteiger partial charge on any atom is 0.127 e. The lowest BCUT2D eigenvalue weighted by molar-refractivity contribution is 0.0321. The van der Waals surface area contributed by atoms with E-state index in [1.165, 1.54) is 16.7 Å². The highest BCUT2D eigenvalue weighted by atomic mass is 16.5. The second kappa shape index (κ2) is 8.88. The lowest BCUT2D eigenvalue weighted by Gasteiger charge is -2.26. The van der Waals surface area contributed by atoms with Gasteiger partial charge in [-0.05, 0) is 31.5 Å². The molecule has 1 fully saturated rings. The molecule has 0 unspecified atom stereocenters. The number of para-hydroxylation sites is 1. The average Bonchev–Trinajstić information content (AvgIpc) is 2.63. The van der Waals surface area contributed by atoms with Crippen LogP contribution in [0.25, 0.3) is 0 Å². The number of nitrogens with zero attached hydrogens (tertiary/aromatic N) is 1. The zero-order valence-electron chi connectivity index (χ0n) is 15.3. The lowest BCUT2D eigenvalue weighted by atomic mass is 10.1. The van der Waals surface area contributed by atoms with Crippen molar-refractivity contribution < 1.29 is 9.47 Å². The van der Waals surface area contributed by atoms with E-state index in [9.17, 15) is 0 Å². The summed E-state index contributed by atoms with van der Waals surface area (Å²) in [6.07, 6.45) is 0. The van der Waals surface area contributed by atoms with E-state index in [4.69, 9.17) is 9.47 Å². The number of morpholine rings is 1. The van der Waals surface area contributed by atoms with E-state index in [1.54, 1.807) is 0 Å². The summed E-state index contributed by atoms with van der Waals surface area (Å²) in [4.78, 5) is 2.40. The number of nitrogens with one attached hydrogen (secondary N) is 1. The molecule has 0 radical (unpaired) electrons. The van der Waals surface area contributed by atoms with Crippen LogP contribution in [0.1, 0.15) is 16.7 Å². The number of anilines is 1. The molecule has 3 rings (SSSR count). The van der Waals surface area contributed by atoms with Crippen molar-refractivity contribution in [2.75, 3.05) is 44.8 Å². The molecule has 134 valence electrons. The van der Waals surface area contributed by atoms with Crippen molar-refractivity contribution in [1.82, 2.24) is 4.90 Å². The Labute approximate surface area is 150 Å². The third-order valence-corrected chi connectivity index (χ3v) is 4.51. The van der Waals surface area contributed by atoms with E-state index in [2.05, 4.69) is 48.3 Å². The smallest absolute Gasteiger partial charge is 0.127 e. The molecule has 0 aromatic heterocycles. The van der Waals surface area contributed by atoms with Crippen molar-refractivity contribution in [3.63, 3.8) is 0 Å². The number of rotatable bonds is 7. The van der Waals surface area contributed by atoms with E-state index in [0.717, 1.165) is 50.8 Å². The van der Waals surface area contributed by atoms with Crippen LogP contribution in [0.4, 0.5) is 5.69 Å². The maximum absolute atomic E-state index is 6.19. The molecule has 0 bridgehead atoms. The van der Waals surface area contributed by atoms with Gasteiger partial charge in [0.15, 0.2) is 0 Å². The molecule has 1 aliphatic heterocycles. The first-order valence-corrected chi connectivity index (χ1v) is 9.04.